The lowest BCUT2D eigenvalue weighted by Crippen LogP contribution is -2.55. The molecule has 65 heavy (non-hydrogen) atoms. The maximum Gasteiger partial charge on any atom is 0.0517 e. The Bertz CT molecular complexity index is 2460. The van der Waals surface area contributed by atoms with E-state index in [9.17, 15) is 0 Å². The summed E-state index contributed by atoms with van der Waals surface area (Å²) >= 11 is 0. The molecule has 0 radical (unpaired) electrons. The molecule has 3 nitrogen and oxygen atoms in total. The van der Waals surface area contributed by atoms with Crippen molar-refractivity contribution < 1.29 is 0 Å². The van der Waals surface area contributed by atoms with E-state index >= 15 is 0 Å². The van der Waals surface area contributed by atoms with Gasteiger partial charge in [0, 0.05) is 45.0 Å². The zero-order valence-corrected chi connectivity index (χ0v) is 43.3. The lowest BCUT2D eigenvalue weighted by atomic mass is 9.61. The Morgan fingerprint density at radius 2 is 0.738 bits per heavy atom. The van der Waals surface area contributed by atoms with Gasteiger partial charge in [0.1, 0.15) is 0 Å². The number of benzene rings is 5. The lowest BCUT2D eigenvalue weighted by Gasteiger charge is -2.51. The largest absolute Gasteiger partial charge is 0.334 e. The second-order valence-corrected chi connectivity index (χ2v) is 25.9. The summed E-state index contributed by atoms with van der Waals surface area (Å²) in [5.41, 5.74) is 17.5. The molecule has 5 aromatic rings. The van der Waals surface area contributed by atoms with E-state index < -0.39 is 0 Å². The van der Waals surface area contributed by atoms with Crippen molar-refractivity contribution in [2.45, 2.75) is 206 Å². The van der Waals surface area contributed by atoms with E-state index in [4.69, 9.17) is 0 Å². The van der Waals surface area contributed by atoms with Crippen molar-refractivity contribution in [3.8, 4) is 0 Å². The Balaban J connectivity index is 1.37. The molecule has 4 aliphatic rings. The number of fused-ring (bicyclic) bond motifs is 6. The lowest BCUT2D eigenvalue weighted by molar-refractivity contribution is 0.194. The molecule has 4 unspecified atom stereocenters. The molecule has 0 bridgehead atoms. The summed E-state index contributed by atoms with van der Waals surface area (Å²) < 4.78 is 0. The van der Waals surface area contributed by atoms with Crippen LogP contribution in [0, 0.1) is 0 Å². The third-order valence-corrected chi connectivity index (χ3v) is 17.5. The van der Waals surface area contributed by atoms with Gasteiger partial charge >= 0.3 is 0 Å². The molecule has 2 aliphatic carbocycles. The van der Waals surface area contributed by atoms with Crippen molar-refractivity contribution in [2.24, 2.45) is 0 Å². The van der Waals surface area contributed by atoms with E-state index in [1.165, 1.54) is 112 Å². The summed E-state index contributed by atoms with van der Waals surface area (Å²) in [7, 11) is 0. The van der Waals surface area contributed by atoms with Crippen molar-refractivity contribution in [3.05, 3.63) is 137 Å². The predicted octanol–water partition coefficient (Wildman–Crippen LogP) is 17.8. The molecule has 9 rings (SSSR count). The number of rotatable bonds is 5. The summed E-state index contributed by atoms with van der Waals surface area (Å²) in [6.45, 7) is 38.7. The number of anilines is 7. The fourth-order valence-corrected chi connectivity index (χ4v) is 12.8. The van der Waals surface area contributed by atoms with Crippen molar-refractivity contribution in [1.29, 1.82) is 0 Å². The highest BCUT2D eigenvalue weighted by Gasteiger charge is 2.60. The minimum atomic E-state index is -0.100. The van der Waals surface area contributed by atoms with Crippen LogP contribution >= 0.6 is 0 Å². The van der Waals surface area contributed by atoms with Gasteiger partial charge in [-0.2, -0.15) is 0 Å². The normalized spacial score (nSPS) is 25.5. The van der Waals surface area contributed by atoms with Crippen LogP contribution in [-0.4, -0.2) is 11.1 Å². The van der Waals surface area contributed by atoms with Crippen molar-refractivity contribution in [1.82, 2.24) is 0 Å². The topological polar surface area (TPSA) is 9.72 Å². The molecule has 344 valence electrons. The van der Waals surface area contributed by atoms with E-state index in [1.54, 1.807) is 0 Å². The van der Waals surface area contributed by atoms with Gasteiger partial charge in [-0.1, -0.05) is 171 Å². The van der Waals surface area contributed by atoms with Crippen molar-refractivity contribution in [3.63, 3.8) is 0 Å². The van der Waals surface area contributed by atoms with Gasteiger partial charge in [-0.05, 0) is 149 Å². The molecule has 0 N–H and O–H groups in total. The van der Waals surface area contributed by atoms with Crippen LogP contribution in [0.25, 0.3) is 0 Å². The van der Waals surface area contributed by atoms with Crippen molar-refractivity contribution in [2.75, 3.05) is 14.7 Å². The van der Waals surface area contributed by atoms with E-state index in [2.05, 4.69) is 229 Å². The van der Waals surface area contributed by atoms with Crippen LogP contribution in [0.3, 0.4) is 0 Å². The van der Waals surface area contributed by atoms with Crippen LogP contribution < -0.4 is 14.7 Å². The minimum absolute atomic E-state index is 0.00164. The first-order chi connectivity index (χ1) is 30.2. The van der Waals surface area contributed by atoms with Gasteiger partial charge in [-0.15, -0.1) is 0 Å². The summed E-state index contributed by atoms with van der Waals surface area (Å²) in [5.74, 6) is 0. The molecule has 2 saturated carbocycles. The third kappa shape index (κ3) is 7.18. The molecule has 0 amide bonds. The first kappa shape index (κ1) is 45.6. The maximum absolute atomic E-state index is 2.83. The average molecular weight is 868 g/mol. The van der Waals surface area contributed by atoms with Gasteiger partial charge < -0.3 is 14.7 Å². The summed E-state index contributed by atoms with van der Waals surface area (Å²) in [5, 5.41) is 0. The van der Waals surface area contributed by atoms with Gasteiger partial charge in [0.15, 0.2) is 0 Å². The van der Waals surface area contributed by atoms with Crippen LogP contribution in [0.15, 0.2) is 103 Å². The Morgan fingerprint density at radius 3 is 1.11 bits per heavy atom. The van der Waals surface area contributed by atoms with E-state index in [1.807, 2.05) is 0 Å². The van der Waals surface area contributed by atoms with Gasteiger partial charge in [0.2, 0.25) is 0 Å². The maximum atomic E-state index is 2.83. The quantitative estimate of drug-likeness (QED) is 0.174. The Kier molecular flexibility index (Phi) is 10.5. The van der Waals surface area contributed by atoms with Gasteiger partial charge in [-0.25, -0.2) is 0 Å². The highest BCUT2D eigenvalue weighted by Crippen LogP contribution is 2.64. The first-order valence-electron chi connectivity index (χ1n) is 25.3. The van der Waals surface area contributed by atoms with Gasteiger partial charge in [0.05, 0.1) is 16.8 Å². The van der Waals surface area contributed by atoms with Gasteiger partial charge in [0.25, 0.3) is 0 Å². The van der Waals surface area contributed by atoms with Crippen molar-refractivity contribution >= 4 is 39.8 Å². The van der Waals surface area contributed by atoms with Crippen LogP contribution in [-0.2, 0) is 32.5 Å². The molecule has 0 aromatic heterocycles. The fraction of sp³-hybridized carbons (Fsp3) is 0.516. The molecule has 2 fully saturated rings. The zero-order chi connectivity index (χ0) is 46.9. The molecule has 5 aromatic carbocycles. The Morgan fingerprint density at radius 1 is 0.385 bits per heavy atom. The van der Waals surface area contributed by atoms with E-state index in [-0.39, 0.29) is 43.6 Å². The molecule has 2 aliphatic heterocycles. The number of hydrogen-bond donors (Lipinski definition) is 0. The SMILES string of the molecule is CC(C)(C)c1cccc(N(c2cc(N3c4ccc(C(C)(C)C)cc4C4(C)CCCCC34C)cc(N3c4ccc(C(C)(C)C)cc4C4(C)CCCCC34C)c2)c2cccc(C(C)(C)C)c2)c1. The molecule has 0 spiro atoms. The summed E-state index contributed by atoms with van der Waals surface area (Å²) in [6.07, 6.45) is 9.74. The van der Waals surface area contributed by atoms with Crippen LogP contribution in [0.5, 0.6) is 0 Å². The molecule has 3 heteroatoms. The number of hydrogen-bond acceptors (Lipinski definition) is 3. The van der Waals surface area contributed by atoms with E-state index in [0.717, 1.165) is 12.8 Å². The van der Waals surface area contributed by atoms with Crippen LogP contribution in [0.4, 0.5) is 39.8 Å². The standard InChI is InChI=1S/C62H81N3/c1-55(2,3)42-23-21-25-46(35-42)63(47-26-22-24-43(36-47)56(4,5)6)48-39-49(64-53-29-27-44(57(7,8)9)37-51(53)59(13)31-17-19-33-61(59,64)15)41-50(40-48)65-54-30-28-45(58(10,11)12)38-52(54)60(14)32-18-20-34-62(60,65)16/h21-30,35-41H,17-20,31-34H2,1-16H3. The zero-order valence-electron chi connectivity index (χ0n) is 43.3. The second-order valence-electron chi connectivity index (χ2n) is 25.9. The molecular formula is C62H81N3. The Labute approximate surface area is 395 Å². The predicted molar refractivity (Wildman–Crippen MR) is 282 cm³/mol. The minimum Gasteiger partial charge on any atom is -0.334 e. The van der Waals surface area contributed by atoms with E-state index in [0.29, 0.717) is 0 Å². The smallest absolute Gasteiger partial charge is 0.0517 e. The van der Waals surface area contributed by atoms with Crippen LogP contribution in [0.1, 0.15) is 196 Å². The highest BCUT2D eigenvalue weighted by molar-refractivity contribution is 5.89. The molecule has 0 saturated heterocycles. The third-order valence-electron chi connectivity index (χ3n) is 17.5. The average Bonchev–Trinajstić information content (AvgIpc) is 3.57. The number of nitrogens with zero attached hydrogens (tertiary/aromatic N) is 3. The molecule has 2 heterocycles. The first-order valence-corrected chi connectivity index (χ1v) is 25.3. The summed E-state index contributed by atoms with van der Waals surface area (Å²) in [4.78, 5) is 8.25. The summed E-state index contributed by atoms with van der Waals surface area (Å²) in [6, 6.07) is 41.5. The van der Waals surface area contributed by atoms with Gasteiger partial charge in [-0.3, -0.25) is 0 Å². The molecular weight excluding hydrogens is 787 g/mol. The Hall–Kier alpha value is -4.50. The monoisotopic (exact) mass is 868 g/mol. The molecule has 4 atom stereocenters. The highest BCUT2D eigenvalue weighted by atomic mass is 15.3. The second kappa shape index (κ2) is 15.0. The fourth-order valence-electron chi connectivity index (χ4n) is 12.8. The van der Waals surface area contributed by atoms with Crippen LogP contribution in [0.2, 0.25) is 0 Å².